The molecule has 1 unspecified atom stereocenters. The molecule has 1 N–H and O–H groups in total. The number of esters is 1. The minimum Gasteiger partial charge on any atom is -0.464 e. The number of halogens is 2. The van der Waals surface area contributed by atoms with E-state index in [1.165, 1.54) is 30.0 Å². The first-order chi connectivity index (χ1) is 12.3. The van der Waals surface area contributed by atoms with Crippen LogP contribution in [-0.4, -0.2) is 34.4 Å². The second-order valence-electron chi connectivity index (χ2n) is 5.76. The van der Waals surface area contributed by atoms with Crippen molar-refractivity contribution in [1.29, 1.82) is 0 Å². The van der Waals surface area contributed by atoms with E-state index in [4.69, 9.17) is 27.9 Å². The number of pyridine rings is 1. The Bertz CT molecular complexity index is 866. The number of carbonyl (C=O) groups excluding carboxylic acids is 2. The Morgan fingerprint density at radius 2 is 1.92 bits per heavy atom. The molecule has 2 rings (SSSR count). The van der Waals surface area contributed by atoms with Gasteiger partial charge in [0.05, 0.1) is 16.1 Å². The molecule has 1 amide bonds. The number of aromatic amines is 1. The lowest BCUT2D eigenvalue weighted by atomic mass is 10.1. The first-order valence-corrected chi connectivity index (χ1v) is 8.61. The summed E-state index contributed by atoms with van der Waals surface area (Å²) in [4.78, 5) is 39.5. The topological polar surface area (TPSA) is 79.5 Å². The Morgan fingerprint density at radius 1 is 1.19 bits per heavy atom. The summed E-state index contributed by atoms with van der Waals surface area (Å²) in [7, 11) is 0. The van der Waals surface area contributed by atoms with Gasteiger partial charge in [-0.2, -0.15) is 0 Å². The van der Waals surface area contributed by atoms with E-state index in [2.05, 4.69) is 4.98 Å². The van der Waals surface area contributed by atoms with E-state index in [9.17, 15) is 14.4 Å². The van der Waals surface area contributed by atoms with Gasteiger partial charge in [0.2, 0.25) is 5.56 Å². The van der Waals surface area contributed by atoms with E-state index in [1.54, 1.807) is 25.1 Å². The Labute approximate surface area is 160 Å². The van der Waals surface area contributed by atoms with Crippen molar-refractivity contribution in [2.24, 2.45) is 0 Å². The average Bonchev–Trinajstić information content (AvgIpc) is 2.60. The molecule has 0 aliphatic carbocycles. The average molecular weight is 397 g/mol. The lowest BCUT2D eigenvalue weighted by molar-refractivity contribution is -0.142. The normalized spacial score (nSPS) is 11.7. The van der Waals surface area contributed by atoms with E-state index < -0.39 is 17.9 Å². The number of benzene rings is 1. The third-order valence-electron chi connectivity index (χ3n) is 3.66. The molecule has 0 saturated heterocycles. The molecule has 1 aromatic carbocycles. The van der Waals surface area contributed by atoms with Crippen LogP contribution in [-0.2, 0) is 16.1 Å². The first-order valence-electron chi connectivity index (χ1n) is 7.85. The summed E-state index contributed by atoms with van der Waals surface area (Å²) in [6, 6.07) is 8.97. The highest BCUT2D eigenvalue weighted by atomic mass is 35.5. The van der Waals surface area contributed by atoms with Crippen LogP contribution in [0.1, 0.15) is 29.9 Å². The predicted octanol–water partition coefficient (Wildman–Crippen LogP) is 3.28. The molecule has 8 heteroatoms. The number of nitrogens with one attached hydrogen (secondary N) is 1. The molecule has 26 heavy (non-hydrogen) atoms. The smallest absolute Gasteiger partial charge is 0.302 e. The minimum atomic E-state index is -0.438. The second-order valence-corrected chi connectivity index (χ2v) is 6.58. The van der Waals surface area contributed by atoms with Crippen LogP contribution in [0.4, 0.5) is 0 Å². The molecule has 0 fully saturated rings. The van der Waals surface area contributed by atoms with Crippen LogP contribution >= 0.6 is 23.2 Å². The molecule has 0 saturated carbocycles. The fraction of sp³-hybridized carbons (Fsp3) is 0.278. The molecule has 0 spiro atoms. The third-order valence-corrected chi connectivity index (χ3v) is 4.40. The molecular weight excluding hydrogens is 379 g/mol. The summed E-state index contributed by atoms with van der Waals surface area (Å²) in [5, 5.41) is 0.783. The van der Waals surface area contributed by atoms with Crippen LogP contribution in [0.15, 0.2) is 41.2 Å². The Kier molecular flexibility index (Phi) is 6.83. The monoisotopic (exact) mass is 396 g/mol. The number of rotatable bonds is 6. The van der Waals surface area contributed by atoms with Crippen molar-refractivity contribution in [3.63, 3.8) is 0 Å². The lowest BCUT2D eigenvalue weighted by Crippen LogP contribution is -2.41. The molecule has 0 bridgehead atoms. The van der Waals surface area contributed by atoms with Crippen molar-refractivity contribution < 1.29 is 14.3 Å². The van der Waals surface area contributed by atoms with Crippen LogP contribution in [0.3, 0.4) is 0 Å². The first kappa shape index (κ1) is 20.0. The van der Waals surface area contributed by atoms with E-state index in [-0.39, 0.29) is 24.4 Å². The number of nitrogens with zero attached hydrogens (tertiary/aromatic N) is 1. The third kappa shape index (κ3) is 5.34. The van der Waals surface area contributed by atoms with Gasteiger partial charge >= 0.3 is 5.97 Å². The van der Waals surface area contributed by atoms with Crippen LogP contribution in [0.2, 0.25) is 10.0 Å². The van der Waals surface area contributed by atoms with Gasteiger partial charge in [0.25, 0.3) is 5.91 Å². The highest BCUT2D eigenvalue weighted by molar-refractivity contribution is 6.42. The predicted molar refractivity (Wildman–Crippen MR) is 99.5 cm³/mol. The lowest BCUT2D eigenvalue weighted by Gasteiger charge is -2.29. The molecule has 1 atom stereocenters. The SMILES string of the molecule is CC(=O)OCC(C)N(Cc1ccc(Cl)c(Cl)c1)C(=O)c1cccc(=O)[nH]1. The highest BCUT2D eigenvalue weighted by Crippen LogP contribution is 2.24. The number of hydrogen-bond donors (Lipinski definition) is 1. The van der Waals surface area contributed by atoms with E-state index >= 15 is 0 Å². The van der Waals surface area contributed by atoms with Gasteiger partial charge < -0.3 is 14.6 Å². The van der Waals surface area contributed by atoms with Crippen molar-refractivity contribution in [3.05, 3.63) is 68.1 Å². The zero-order valence-corrected chi connectivity index (χ0v) is 15.8. The fourth-order valence-electron chi connectivity index (χ4n) is 2.32. The van der Waals surface area contributed by atoms with Crippen molar-refractivity contribution in [2.75, 3.05) is 6.61 Å². The summed E-state index contributed by atoms with van der Waals surface area (Å²) in [6.07, 6.45) is 0. The molecule has 1 aromatic heterocycles. The second kappa shape index (κ2) is 8.87. The Balaban J connectivity index is 2.30. The molecule has 0 aliphatic rings. The molecule has 0 radical (unpaired) electrons. The number of ether oxygens (including phenoxy) is 1. The number of aromatic nitrogens is 1. The van der Waals surface area contributed by atoms with Gasteiger partial charge in [0.1, 0.15) is 12.3 Å². The Morgan fingerprint density at radius 3 is 2.54 bits per heavy atom. The largest absolute Gasteiger partial charge is 0.464 e. The maximum atomic E-state index is 12.9. The molecule has 2 aromatic rings. The highest BCUT2D eigenvalue weighted by Gasteiger charge is 2.23. The summed E-state index contributed by atoms with van der Waals surface area (Å²) < 4.78 is 5.02. The van der Waals surface area contributed by atoms with E-state index in [1.807, 2.05) is 0 Å². The van der Waals surface area contributed by atoms with Gasteiger partial charge in [0.15, 0.2) is 0 Å². The van der Waals surface area contributed by atoms with Crippen molar-refractivity contribution in [3.8, 4) is 0 Å². The van der Waals surface area contributed by atoms with Crippen LogP contribution in [0.25, 0.3) is 0 Å². The number of hydrogen-bond acceptors (Lipinski definition) is 4. The molecule has 6 nitrogen and oxygen atoms in total. The van der Waals surface area contributed by atoms with Crippen molar-refractivity contribution in [2.45, 2.75) is 26.4 Å². The van der Waals surface area contributed by atoms with E-state index in [0.717, 1.165) is 5.56 Å². The summed E-state index contributed by atoms with van der Waals surface area (Å²) in [5.74, 6) is -0.833. The Hall–Kier alpha value is -2.31. The number of carbonyl (C=O) groups is 2. The van der Waals surface area contributed by atoms with Crippen LogP contribution < -0.4 is 5.56 Å². The fourth-order valence-corrected chi connectivity index (χ4v) is 2.64. The van der Waals surface area contributed by atoms with Gasteiger partial charge in [-0.25, -0.2) is 0 Å². The van der Waals surface area contributed by atoms with Crippen molar-refractivity contribution in [1.82, 2.24) is 9.88 Å². The maximum Gasteiger partial charge on any atom is 0.302 e. The molecule has 0 aliphatic heterocycles. The van der Waals surface area contributed by atoms with Crippen LogP contribution in [0, 0.1) is 0 Å². The molecular formula is C18H18Cl2N2O4. The van der Waals surface area contributed by atoms with Gasteiger partial charge in [-0.15, -0.1) is 0 Å². The molecule has 1 heterocycles. The van der Waals surface area contributed by atoms with Crippen molar-refractivity contribution >= 4 is 35.1 Å². The summed E-state index contributed by atoms with van der Waals surface area (Å²) in [6.45, 7) is 3.28. The maximum absolute atomic E-state index is 12.9. The minimum absolute atomic E-state index is 0.0272. The molecule has 138 valence electrons. The number of amides is 1. The zero-order valence-electron chi connectivity index (χ0n) is 14.3. The van der Waals surface area contributed by atoms with Gasteiger partial charge in [-0.1, -0.05) is 35.3 Å². The zero-order chi connectivity index (χ0) is 19.3. The summed E-state index contributed by atoms with van der Waals surface area (Å²) in [5.41, 5.74) is 0.519. The standard InChI is InChI=1S/C18H18Cl2N2O4/c1-11(10-26-12(2)23)22(9-13-6-7-14(19)15(20)8-13)18(25)16-4-3-5-17(24)21-16/h3-8,11H,9-10H2,1-2H3,(H,21,24). The van der Waals surface area contributed by atoms with Gasteiger partial charge in [0, 0.05) is 19.5 Å². The number of H-pyrrole nitrogens is 1. The van der Waals surface area contributed by atoms with Gasteiger partial charge in [-0.05, 0) is 30.7 Å². The van der Waals surface area contributed by atoms with Crippen LogP contribution in [0.5, 0.6) is 0 Å². The quantitative estimate of drug-likeness (QED) is 0.759. The van der Waals surface area contributed by atoms with E-state index in [0.29, 0.717) is 10.0 Å². The summed E-state index contributed by atoms with van der Waals surface area (Å²) >= 11 is 12.0. The van der Waals surface area contributed by atoms with Gasteiger partial charge in [-0.3, -0.25) is 14.4 Å².